The second-order valence-electron chi connectivity index (χ2n) is 9.59. The summed E-state index contributed by atoms with van der Waals surface area (Å²) < 4.78 is 24.0. The van der Waals surface area contributed by atoms with Gasteiger partial charge in [-0.2, -0.15) is 0 Å². The molecule has 34 heavy (non-hydrogen) atoms. The van der Waals surface area contributed by atoms with Crippen LogP contribution in [0.15, 0.2) is 48.5 Å². The number of quaternary nitrogens is 1. The number of hydrogen-bond donors (Lipinski definition) is 0. The van der Waals surface area contributed by atoms with E-state index in [2.05, 4.69) is 27.7 Å². The van der Waals surface area contributed by atoms with Crippen molar-refractivity contribution in [1.82, 2.24) is 0 Å². The molecular formula is C28H44BNO4. The second-order valence-corrected chi connectivity index (χ2v) is 9.59. The van der Waals surface area contributed by atoms with Crippen molar-refractivity contribution in [3.05, 3.63) is 48.5 Å². The molecule has 0 atom stereocenters. The van der Waals surface area contributed by atoms with Gasteiger partial charge in [-0.05, 0) is 49.9 Å². The van der Waals surface area contributed by atoms with Gasteiger partial charge in [0.05, 0.1) is 26.2 Å². The lowest BCUT2D eigenvalue weighted by Gasteiger charge is -2.39. The number of benzene rings is 2. The van der Waals surface area contributed by atoms with Gasteiger partial charge in [-0.1, -0.05) is 77.6 Å². The molecule has 0 N–H and O–H groups in total. The van der Waals surface area contributed by atoms with E-state index in [-0.39, 0.29) is 0 Å². The van der Waals surface area contributed by atoms with Crippen LogP contribution in [0, 0.1) is 0 Å². The first kappa shape index (κ1) is 26.3. The van der Waals surface area contributed by atoms with Crippen LogP contribution in [0.5, 0.6) is 23.0 Å². The highest BCUT2D eigenvalue weighted by atomic mass is 16.9. The third-order valence-electron chi connectivity index (χ3n) is 6.73. The van der Waals surface area contributed by atoms with Crippen LogP contribution in [0.1, 0.15) is 79.1 Å². The van der Waals surface area contributed by atoms with E-state index in [0.29, 0.717) is 23.0 Å². The normalized spacial score (nSPS) is 14.7. The second kappa shape index (κ2) is 12.9. The summed E-state index contributed by atoms with van der Waals surface area (Å²) in [6.45, 7) is 12.8. The molecule has 6 heteroatoms. The largest absolute Gasteiger partial charge is 0.777 e. The molecule has 0 unspecified atom stereocenters. The summed E-state index contributed by atoms with van der Waals surface area (Å²) in [4.78, 5) is 0. The molecule has 188 valence electrons. The summed E-state index contributed by atoms with van der Waals surface area (Å²) >= 11 is 0. The Hall–Kier alpha value is -2.34. The topological polar surface area (TPSA) is 36.9 Å². The SMILES string of the molecule is CCCC[N+](CCCC)(CCCC)CCCC.c1ccc2c(c1)O[B-]1(O2)Oc2ccccc2O1. The van der Waals surface area contributed by atoms with Crippen molar-refractivity contribution < 1.29 is 23.1 Å². The van der Waals surface area contributed by atoms with Gasteiger partial charge in [0.25, 0.3) is 0 Å². The number of fused-ring (bicyclic) bond motifs is 2. The predicted octanol–water partition coefficient (Wildman–Crippen LogP) is 7.37. The van der Waals surface area contributed by atoms with E-state index >= 15 is 0 Å². The zero-order valence-electron chi connectivity index (χ0n) is 21.8. The summed E-state index contributed by atoms with van der Waals surface area (Å²) in [6, 6.07) is 14.8. The Morgan fingerprint density at radius 3 is 1.00 bits per heavy atom. The van der Waals surface area contributed by atoms with Gasteiger partial charge in [0.15, 0.2) is 0 Å². The van der Waals surface area contributed by atoms with E-state index in [1.807, 2.05) is 48.5 Å². The monoisotopic (exact) mass is 469 g/mol. The van der Waals surface area contributed by atoms with E-state index in [0.717, 1.165) is 0 Å². The fraction of sp³-hybridized carbons (Fsp3) is 0.571. The molecule has 2 aliphatic rings. The Labute approximate surface area is 207 Å². The van der Waals surface area contributed by atoms with Crippen LogP contribution in [-0.2, 0) is 0 Å². The van der Waals surface area contributed by atoms with Gasteiger partial charge in [0.1, 0.15) is 23.0 Å². The molecule has 0 fully saturated rings. The molecule has 2 aliphatic heterocycles. The lowest BCUT2D eigenvalue weighted by atomic mass is 10.1. The molecule has 1 spiro atoms. The average molecular weight is 469 g/mol. The highest BCUT2D eigenvalue weighted by Crippen LogP contribution is 2.44. The van der Waals surface area contributed by atoms with Crippen molar-refractivity contribution in [3.8, 4) is 23.0 Å². The molecule has 0 saturated heterocycles. The molecule has 0 amide bonds. The van der Waals surface area contributed by atoms with Gasteiger partial charge in [0.2, 0.25) is 0 Å². The fourth-order valence-corrected chi connectivity index (χ4v) is 4.70. The average Bonchev–Trinajstić information content (AvgIpc) is 3.41. The van der Waals surface area contributed by atoms with Crippen molar-refractivity contribution in [2.24, 2.45) is 0 Å². The van der Waals surface area contributed by atoms with Gasteiger partial charge < -0.3 is 23.1 Å². The number of hydrogen-bond acceptors (Lipinski definition) is 4. The van der Waals surface area contributed by atoms with Crippen LogP contribution < -0.4 is 18.6 Å². The third kappa shape index (κ3) is 6.85. The van der Waals surface area contributed by atoms with Crippen LogP contribution in [-0.4, -0.2) is 37.6 Å². The van der Waals surface area contributed by atoms with Crippen LogP contribution in [0.2, 0.25) is 0 Å². The van der Waals surface area contributed by atoms with Crippen LogP contribution in [0.25, 0.3) is 0 Å². The van der Waals surface area contributed by atoms with Crippen molar-refractivity contribution in [1.29, 1.82) is 0 Å². The summed E-state index contributed by atoms with van der Waals surface area (Å²) in [6.07, 6.45) is 11.1. The lowest BCUT2D eigenvalue weighted by molar-refractivity contribution is -0.929. The lowest BCUT2D eigenvalue weighted by Crippen LogP contribution is -2.54. The summed E-state index contributed by atoms with van der Waals surface area (Å²) in [5.41, 5.74) is 0. The molecule has 4 rings (SSSR count). The van der Waals surface area contributed by atoms with Crippen molar-refractivity contribution in [2.75, 3.05) is 26.2 Å². The Bertz CT molecular complexity index is 730. The number of unbranched alkanes of at least 4 members (excludes halogenated alkanes) is 4. The van der Waals surface area contributed by atoms with Crippen LogP contribution in [0.4, 0.5) is 0 Å². The molecule has 0 aliphatic carbocycles. The van der Waals surface area contributed by atoms with E-state index in [1.165, 1.54) is 82.0 Å². The maximum Gasteiger partial charge on any atom is 0.777 e. The van der Waals surface area contributed by atoms with Crippen LogP contribution >= 0.6 is 0 Å². The summed E-state index contributed by atoms with van der Waals surface area (Å²) in [7, 11) is 0. The summed E-state index contributed by atoms with van der Waals surface area (Å²) in [5, 5.41) is 0. The molecule has 0 radical (unpaired) electrons. The summed E-state index contributed by atoms with van der Waals surface area (Å²) in [5.74, 6) is 2.56. The van der Waals surface area contributed by atoms with Gasteiger partial charge in [-0.3, -0.25) is 0 Å². The Morgan fingerprint density at radius 2 is 0.765 bits per heavy atom. The maximum absolute atomic E-state index is 5.63. The van der Waals surface area contributed by atoms with Gasteiger partial charge in [0, 0.05) is 0 Å². The first-order chi connectivity index (χ1) is 16.6. The predicted molar refractivity (Wildman–Crippen MR) is 141 cm³/mol. The number of para-hydroxylation sites is 4. The Kier molecular flexibility index (Phi) is 10.00. The standard InChI is InChI=1S/C16H36N.C12H8BO4/c1-5-9-13-17(14-10-6-2,15-11-7-3)16-12-8-4;1-2-6-10-9(5-1)14-13(15-10)16-11-7-3-4-8-12(11)17-13/h5-16H2,1-4H3;1-8H/q+1;-1. The highest BCUT2D eigenvalue weighted by Gasteiger charge is 2.51. The minimum atomic E-state index is -2.21. The molecule has 5 nitrogen and oxygen atoms in total. The quantitative estimate of drug-likeness (QED) is 0.240. The van der Waals surface area contributed by atoms with Crippen LogP contribution in [0.3, 0.4) is 0 Å². The fourth-order valence-electron chi connectivity index (χ4n) is 4.70. The molecule has 0 saturated carbocycles. The smallest absolute Gasteiger partial charge is 0.609 e. The zero-order chi connectivity index (χ0) is 24.3. The molecular weight excluding hydrogens is 425 g/mol. The van der Waals surface area contributed by atoms with E-state index < -0.39 is 6.96 Å². The van der Waals surface area contributed by atoms with Gasteiger partial charge in [-0.25, -0.2) is 0 Å². The van der Waals surface area contributed by atoms with E-state index in [9.17, 15) is 0 Å². The molecule has 0 bridgehead atoms. The van der Waals surface area contributed by atoms with Crippen molar-refractivity contribution in [2.45, 2.75) is 79.1 Å². The van der Waals surface area contributed by atoms with Gasteiger partial charge in [-0.15, -0.1) is 0 Å². The third-order valence-corrected chi connectivity index (χ3v) is 6.73. The van der Waals surface area contributed by atoms with Crippen molar-refractivity contribution in [3.63, 3.8) is 0 Å². The Balaban J connectivity index is 0.000000191. The first-order valence-corrected chi connectivity index (χ1v) is 13.5. The maximum atomic E-state index is 5.63. The number of nitrogens with zero attached hydrogens (tertiary/aromatic N) is 1. The first-order valence-electron chi connectivity index (χ1n) is 13.5. The van der Waals surface area contributed by atoms with E-state index in [1.54, 1.807) is 0 Å². The minimum absolute atomic E-state index is 0.639. The zero-order valence-corrected chi connectivity index (χ0v) is 21.8. The van der Waals surface area contributed by atoms with Gasteiger partial charge >= 0.3 is 6.96 Å². The molecule has 2 aromatic rings. The number of rotatable bonds is 12. The molecule has 2 heterocycles. The highest BCUT2D eigenvalue weighted by molar-refractivity contribution is 6.59. The minimum Gasteiger partial charge on any atom is -0.609 e. The Morgan fingerprint density at radius 1 is 0.500 bits per heavy atom. The van der Waals surface area contributed by atoms with E-state index in [4.69, 9.17) is 18.6 Å². The molecule has 2 aromatic carbocycles. The molecule has 0 aromatic heterocycles. The van der Waals surface area contributed by atoms with Crippen molar-refractivity contribution >= 4 is 6.96 Å².